The molecule has 1 atom stereocenters. The molecule has 1 N–H and O–H groups in total. The fraction of sp³-hybridized carbons (Fsp3) is 0.364. The van der Waals surface area contributed by atoms with Crippen LogP contribution < -0.4 is 0 Å². The Morgan fingerprint density at radius 3 is 2.71 bits per heavy atom. The number of carbonyl (C=O) groups excluding carboxylic acids is 1. The lowest BCUT2D eigenvalue weighted by Gasteiger charge is -2.09. The Balaban J connectivity index is 2.69. The number of aliphatic hydroxyl groups excluding tert-OH is 1. The van der Waals surface area contributed by atoms with Crippen molar-refractivity contribution < 1.29 is 14.6 Å². The predicted octanol–water partition coefficient (Wildman–Crippen LogP) is 1.07. The van der Waals surface area contributed by atoms with Gasteiger partial charge < -0.3 is 9.84 Å². The lowest BCUT2D eigenvalue weighted by molar-refractivity contribution is -0.150. The average Bonchev–Trinajstić information content (AvgIpc) is 2.20. The second kappa shape index (κ2) is 4.77. The molecule has 0 radical (unpaired) electrons. The van der Waals surface area contributed by atoms with Crippen LogP contribution in [0.1, 0.15) is 11.1 Å². The number of methoxy groups -OCH3 is 1. The van der Waals surface area contributed by atoms with Gasteiger partial charge in [0.2, 0.25) is 0 Å². The Hall–Kier alpha value is -1.35. The number of rotatable bonds is 3. The number of benzene rings is 1. The van der Waals surface area contributed by atoms with E-state index in [1.165, 1.54) is 7.11 Å². The minimum atomic E-state index is -1.07. The van der Waals surface area contributed by atoms with Gasteiger partial charge in [0.15, 0.2) is 6.10 Å². The molecule has 0 aliphatic rings. The molecule has 0 fully saturated rings. The molecule has 0 aromatic heterocycles. The summed E-state index contributed by atoms with van der Waals surface area (Å²) in [4.78, 5) is 11.0. The first kappa shape index (κ1) is 10.7. The van der Waals surface area contributed by atoms with E-state index >= 15 is 0 Å². The van der Waals surface area contributed by atoms with Gasteiger partial charge in [0.1, 0.15) is 0 Å². The lowest BCUT2D eigenvalue weighted by Crippen LogP contribution is -2.24. The van der Waals surface area contributed by atoms with Crippen molar-refractivity contribution in [2.45, 2.75) is 19.4 Å². The maximum atomic E-state index is 11.0. The Bertz CT molecular complexity index is 320. The molecule has 0 aliphatic heterocycles. The third-order valence-corrected chi connectivity index (χ3v) is 2.15. The van der Waals surface area contributed by atoms with E-state index < -0.39 is 12.1 Å². The van der Waals surface area contributed by atoms with Crippen LogP contribution in [0.25, 0.3) is 0 Å². The average molecular weight is 194 g/mol. The third-order valence-electron chi connectivity index (χ3n) is 2.15. The minimum absolute atomic E-state index is 0.305. The number of carbonyl (C=O) groups is 1. The molecule has 1 rings (SSSR count). The van der Waals surface area contributed by atoms with Gasteiger partial charge in [-0.1, -0.05) is 24.3 Å². The summed E-state index contributed by atoms with van der Waals surface area (Å²) in [6.45, 7) is 1.94. The second-order valence-electron chi connectivity index (χ2n) is 3.17. The zero-order valence-electron chi connectivity index (χ0n) is 8.36. The fourth-order valence-corrected chi connectivity index (χ4v) is 1.27. The van der Waals surface area contributed by atoms with Crippen molar-refractivity contribution in [3.8, 4) is 0 Å². The van der Waals surface area contributed by atoms with E-state index in [0.717, 1.165) is 11.1 Å². The summed E-state index contributed by atoms with van der Waals surface area (Å²) in [5.41, 5.74) is 2.03. The first-order chi connectivity index (χ1) is 6.65. The molecule has 0 unspecified atom stereocenters. The highest BCUT2D eigenvalue weighted by atomic mass is 16.5. The molecule has 0 aliphatic carbocycles. The van der Waals surface area contributed by atoms with Crippen LogP contribution in [0.15, 0.2) is 24.3 Å². The van der Waals surface area contributed by atoms with Crippen molar-refractivity contribution in [1.82, 2.24) is 0 Å². The number of aryl methyl sites for hydroxylation is 1. The van der Waals surface area contributed by atoms with Crippen LogP contribution in [-0.2, 0) is 16.0 Å². The Morgan fingerprint density at radius 2 is 2.14 bits per heavy atom. The summed E-state index contributed by atoms with van der Waals surface area (Å²) >= 11 is 0. The van der Waals surface area contributed by atoms with E-state index in [1.54, 1.807) is 0 Å². The second-order valence-corrected chi connectivity index (χ2v) is 3.17. The van der Waals surface area contributed by atoms with Crippen molar-refractivity contribution in [3.05, 3.63) is 35.4 Å². The smallest absolute Gasteiger partial charge is 0.335 e. The molecule has 1 aromatic carbocycles. The maximum absolute atomic E-state index is 11.0. The largest absolute Gasteiger partial charge is 0.467 e. The van der Waals surface area contributed by atoms with E-state index in [2.05, 4.69) is 4.74 Å². The molecule has 14 heavy (non-hydrogen) atoms. The highest BCUT2D eigenvalue weighted by Crippen LogP contribution is 2.10. The third kappa shape index (κ3) is 2.57. The summed E-state index contributed by atoms with van der Waals surface area (Å²) in [6.07, 6.45) is -0.764. The van der Waals surface area contributed by atoms with Crippen LogP contribution in [-0.4, -0.2) is 24.3 Å². The number of esters is 1. The van der Waals surface area contributed by atoms with Crippen LogP contribution in [0.2, 0.25) is 0 Å². The van der Waals surface area contributed by atoms with Gasteiger partial charge in [-0.2, -0.15) is 0 Å². The van der Waals surface area contributed by atoms with Crippen LogP contribution in [0.3, 0.4) is 0 Å². The summed E-state index contributed by atoms with van der Waals surface area (Å²) in [5, 5.41) is 9.42. The van der Waals surface area contributed by atoms with E-state index in [1.807, 2.05) is 31.2 Å². The zero-order chi connectivity index (χ0) is 10.6. The summed E-state index contributed by atoms with van der Waals surface area (Å²) in [6, 6.07) is 7.64. The molecule has 1 aromatic rings. The Labute approximate surface area is 83.3 Å². The van der Waals surface area contributed by atoms with Crippen molar-refractivity contribution in [1.29, 1.82) is 0 Å². The first-order valence-corrected chi connectivity index (χ1v) is 4.45. The number of hydrogen-bond acceptors (Lipinski definition) is 3. The minimum Gasteiger partial charge on any atom is -0.467 e. The maximum Gasteiger partial charge on any atom is 0.335 e. The number of aliphatic hydroxyl groups is 1. The van der Waals surface area contributed by atoms with Gasteiger partial charge in [-0.05, 0) is 18.1 Å². The molecule has 0 saturated carbocycles. The van der Waals surface area contributed by atoms with E-state index in [9.17, 15) is 9.90 Å². The van der Waals surface area contributed by atoms with Gasteiger partial charge in [-0.15, -0.1) is 0 Å². The van der Waals surface area contributed by atoms with E-state index in [4.69, 9.17) is 0 Å². The molecule has 3 nitrogen and oxygen atoms in total. The predicted molar refractivity (Wildman–Crippen MR) is 52.9 cm³/mol. The molecule has 3 heteroatoms. The molecule has 0 saturated heterocycles. The topological polar surface area (TPSA) is 46.5 Å². The molecule has 0 spiro atoms. The summed E-state index contributed by atoms with van der Waals surface area (Å²) < 4.78 is 4.44. The van der Waals surface area contributed by atoms with Gasteiger partial charge in [0.25, 0.3) is 0 Å². The number of ether oxygens (including phenoxy) is 1. The van der Waals surface area contributed by atoms with Gasteiger partial charge in [0, 0.05) is 6.42 Å². The fourth-order valence-electron chi connectivity index (χ4n) is 1.27. The monoisotopic (exact) mass is 194 g/mol. The lowest BCUT2D eigenvalue weighted by atomic mass is 10.0. The zero-order valence-corrected chi connectivity index (χ0v) is 8.36. The molecule has 0 heterocycles. The SMILES string of the molecule is COC(=O)[C@@H](O)Cc1ccccc1C. The Kier molecular flexibility index (Phi) is 3.65. The summed E-state index contributed by atoms with van der Waals surface area (Å²) in [7, 11) is 1.27. The van der Waals surface area contributed by atoms with Crippen molar-refractivity contribution in [2.75, 3.05) is 7.11 Å². The van der Waals surface area contributed by atoms with Crippen molar-refractivity contribution in [2.24, 2.45) is 0 Å². The molecular weight excluding hydrogens is 180 g/mol. The van der Waals surface area contributed by atoms with Gasteiger partial charge in [-0.25, -0.2) is 4.79 Å². The molecule has 0 bridgehead atoms. The number of hydrogen-bond donors (Lipinski definition) is 1. The summed E-state index contributed by atoms with van der Waals surface area (Å²) in [5.74, 6) is -0.590. The highest BCUT2D eigenvalue weighted by molar-refractivity contribution is 5.74. The van der Waals surface area contributed by atoms with Crippen molar-refractivity contribution >= 4 is 5.97 Å². The standard InChI is InChI=1S/C11H14O3/c1-8-5-3-4-6-9(8)7-10(12)11(13)14-2/h3-6,10,12H,7H2,1-2H3/t10-/m0/s1. The van der Waals surface area contributed by atoms with Gasteiger partial charge in [-0.3, -0.25) is 0 Å². The van der Waals surface area contributed by atoms with E-state index in [0.29, 0.717) is 6.42 Å². The first-order valence-electron chi connectivity index (χ1n) is 4.45. The Morgan fingerprint density at radius 1 is 1.50 bits per heavy atom. The van der Waals surface area contributed by atoms with Crippen LogP contribution >= 0.6 is 0 Å². The normalized spacial score (nSPS) is 12.2. The van der Waals surface area contributed by atoms with E-state index in [-0.39, 0.29) is 0 Å². The molecule has 0 amide bonds. The van der Waals surface area contributed by atoms with Gasteiger partial charge in [0.05, 0.1) is 7.11 Å². The molecular formula is C11H14O3. The van der Waals surface area contributed by atoms with Crippen LogP contribution in [0.5, 0.6) is 0 Å². The van der Waals surface area contributed by atoms with Crippen LogP contribution in [0, 0.1) is 6.92 Å². The quantitative estimate of drug-likeness (QED) is 0.732. The van der Waals surface area contributed by atoms with Crippen LogP contribution in [0.4, 0.5) is 0 Å². The highest BCUT2D eigenvalue weighted by Gasteiger charge is 2.16. The van der Waals surface area contributed by atoms with Crippen molar-refractivity contribution in [3.63, 3.8) is 0 Å². The molecule has 76 valence electrons. The van der Waals surface area contributed by atoms with Gasteiger partial charge >= 0.3 is 5.97 Å².